The molecule has 0 aromatic heterocycles. The number of aryl methyl sites for hydroxylation is 1. The van der Waals surface area contributed by atoms with Gasteiger partial charge in [-0.25, -0.2) is 9.80 Å². The summed E-state index contributed by atoms with van der Waals surface area (Å²) >= 11 is 0. The highest BCUT2D eigenvalue weighted by Gasteiger charge is 2.20. The number of carbonyl (C=O) groups is 1. The third kappa shape index (κ3) is 6.72. The van der Waals surface area contributed by atoms with Gasteiger partial charge in [0.25, 0.3) is 0 Å². The fraction of sp³-hybridized carbons (Fsp3) is 0.226. The van der Waals surface area contributed by atoms with E-state index in [2.05, 4.69) is 13.5 Å². The first-order valence-corrected chi connectivity index (χ1v) is 12.2. The van der Waals surface area contributed by atoms with E-state index in [0.29, 0.717) is 24.3 Å². The van der Waals surface area contributed by atoms with Gasteiger partial charge >= 0.3 is 5.97 Å². The monoisotopic (exact) mass is 482 g/mol. The first kappa shape index (κ1) is 26.5. The highest BCUT2D eigenvalue weighted by Crippen LogP contribution is 2.30. The number of benzene rings is 2. The smallest absolute Gasteiger partial charge is 0.336 e. The summed E-state index contributed by atoms with van der Waals surface area (Å²) in [5.41, 5.74) is 6.24. The molecule has 0 aliphatic carbocycles. The Labute approximate surface area is 214 Å². The van der Waals surface area contributed by atoms with Crippen LogP contribution in [0, 0.1) is 0 Å². The molecule has 3 rings (SSSR count). The second-order valence-electron chi connectivity index (χ2n) is 8.43. The maximum atomic E-state index is 12.2. The molecule has 1 aliphatic heterocycles. The molecule has 0 saturated carbocycles. The van der Waals surface area contributed by atoms with Crippen molar-refractivity contribution in [2.24, 2.45) is 5.10 Å². The van der Waals surface area contributed by atoms with Gasteiger partial charge in [-0.3, -0.25) is 0 Å². The van der Waals surface area contributed by atoms with Crippen LogP contribution in [0.5, 0.6) is 5.75 Å². The van der Waals surface area contributed by atoms with Gasteiger partial charge in [0.2, 0.25) is 0 Å². The van der Waals surface area contributed by atoms with Crippen molar-refractivity contribution in [3.63, 3.8) is 0 Å². The number of carboxylic acid groups (broad SMARTS) is 1. The molecule has 1 N–H and O–H groups in total. The lowest BCUT2D eigenvalue weighted by molar-refractivity contribution is -0.130. The molecular formula is C31H34N2O3. The molecule has 2 aromatic rings. The zero-order chi connectivity index (χ0) is 26.1. The molecule has 5 heteroatoms. The van der Waals surface area contributed by atoms with Gasteiger partial charge in [0.15, 0.2) is 0 Å². The van der Waals surface area contributed by atoms with Crippen molar-refractivity contribution in [3.8, 4) is 5.75 Å². The SMILES string of the molecule is C=C(/C=C\C(C)=C\C)C1=CCC(/C=C(\C(=O)O)c2cccc(CC)c2)=NN1c1ccc(OCC)cc1. The highest BCUT2D eigenvalue weighted by atomic mass is 16.5. The Morgan fingerprint density at radius 1 is 1.17 bits per heavy atom. The van der Waals surface area contributed by atoms with E-state index in [1.165, 1.54) is 0 Å². The minimum atomic E-state index is -0.984. The minimum absolute atomic E-state index is 0.218. The first-order valence-electron chi connectivity index (χ1n) is 12.2. The summed E-state index contributed by atoms with van der Waals surface area (Å²) in [7, 11) is 0. The van der Waals surface area contributed by atoms with E-state index in [1.807, 2.05) is 98.6 Å². The molecule has 0 unspecified atom stereocenters. The molecule has 0 amide bonds. The number of allylic oxidation sites excluding steroid dienone is 6. The fourth-order valence-electron chi connectivity index (χ4n) is 3.72. The van der Waals surface area contributed by atoms with Crippen LogP contribution in [0.2, 0.25) is 0 Å². The van der Waals surface area contributed by atoms with Crippen molar-refractivity contribution in [1.82, 2.24) is 0 Å². The Balaban J connectivity index is 2.03. The van der Waals surface area contributed by atoms with Crippen molar-refractivity contribution in [2.75, 3.05) is 11.6 Å². The number of ether oxygens (including phenoxy) is 1. The van der Waals surface area contributed by atoms with Crippen molar-refractivity contribution < 1.29 is 14.6 Å². The average molecular weight is 483 g/mol. The second kappa shape index (κ2) is 12.5. The van der Waals surface area contributed by atoms with E-state index < -0.39 is 5.97 Å². The summed E-state index contributed by atoms with van der Waals surface area (Å²) in [6.45, 7) is 12.9. The van der Waals surface area contributed by atoms with Crippen molar-refractivity contribution in [1.29, 1.82) is 0 Å². The number of hydrazone groups is 1. The van der Waals surface area contributed by atoms with E-state index >= 15 is 0 Å². The van der Waals surface area contributed by atoms with E-state index in [4.69, 9.17) is 9.84 Å². The Morgan fingerprint density at radius 3 is 2.56 bits per heavy atom. The number of carboxylic acids is 1. The lowest BCUT2D eigenvalue weighted by Gasteiger charge is -2.27. The van der Waals surface area contributed by atoms with Crippen molar-refractivity contribution in [2.45, 2.75) is 40.5 Å². The molecule has 1 heterocycles. The van der Waals surface area contributed by atoms with E-state index in [9.17, 15) is 9.90 Å². The van der Waals surface area contributed by atoms with Gasteiger partial charge in [-0.15, -0.1) is 0 Å². The molecule has 0 atom stereocenters. The van der Waals surface area contributed by atoms with Crippen molar-refractivity contribution in [3.05, 3.63) is 113 Å². The molecular weight excluding hydrogens is 448 g/mol. The molecule has 36 heavy (non-hydrogen) atoms. The Hall–Kier alpha value is -4.12. The summed E-state index contributed by atoms with van der Waals surface area (Å²) in [4.78, 5) is 12.2. The van der Waals surface area contributed by atoms with Crippen LogP contribution >= 0.6 is 0 Å². The molecule has 0 fully saturated rings. The fourth-order valence-corrected chi connectivity index (χ4v) is 3.72. The molecule has 5 nitrogen and oxygen atoms in total. The van der Waals surface area contributed by atoms with Crippen LogP contribution in [0.15, 0.2) is 107 Å². The standard InChI is InChI=1S/C31H34N2O3/c1-6-22(4)12-13-23(5)30-19-14-26(32-33(30)27-15-17-28(18-16-27)36-8-3)21-29(31(34)35)25-11-9-10-24(7-2)20-25/h6,9-13,15-21H,5,7-8,14H2,1-4H3,(H,34,35)/b13-12-,22-6+,29-21-. The zero-order valence-electron chi connectivity index (χ0n) is 21.5. The largest absolute Gasteiger partial charge is 0.494 e. The van der Waals surface area contributed by atoms with Crippen molar-refractivity contribution >= 4 is 22.9 Å². The predicted molar refractivity (Wildman–Crippen MR) is 149 cm³/mol. The van der Waals surface area contributed by atoms with E-state index in [1.54, 1.807) is 6.08 Å². The van der Waals surface area contributed by atoms with Crippen LogP contribution in [0.1, 0.15) is 45.2 Å². The van der Waals surface area contributed by atoms with Crippen LogP contribution in [0.3, 0.4) is 0 Å². The van der Waals surface area contributed by atoms with Crippen LogP contribution in [0.25, 0.3) is 5.57 Å². The normalized spacial score (nSPS) is 14.5. The quantitative estimate of drug-likeness (QED) is 0.284. The summed E-state index contributed by atoms with van der Waals surface area (Å²) in [5.74, 6) is -0.207. The Morgan fingerprint density at radius 2 is 1.92 bits per heavy atom. The van der Waals surface area contributed by atoms with Crippen LogP contribution in [-0.4, -0.2) is 23.4 Å². The molecule has 0 saturated heterocycles. The number of aliphatic carboxylic acids is 1. The van der Waals surface area contributed by atoms with Gasteiger partial charge in [-0.05, 0) is 74.2 Å². The molecule has 1 aliphatic rings. The lowest BCUT2D eigenvalue weighted by Crippen LogP contribution is -2.23. The number of anilines is 1. The molecule has 2 aromatic carbocycles. The molecule has 0 radical (unpaired) electrons. The maximum absolute atomic E-state index is 12.2. The molecule has 0 spiro atoms. The van der Waals surface area contributed by atoms with Crippen LogP contribution in [0.4, 0.5) is 5.69 Å². The summed E-state index contributed by atoms with van der Waals surface area (Å²) < 4.78 is 5.59. The van der Waals surface area contributed by atoms with Gasteiger partial charge in [0.1, 0.15) is 5.75 Å². The van der Waals surface area contributed by atoms with E-state index in [-0.39, 0.29) is 5.57 Å². The zero-order valence-corrected chi connectivity index (χ0v) is 21.5. The van der Waals surface area contributed by atoms with Gasteiger partial charge in [-0.2, -0.15) is 5.10 Å². The van der Waals surface area contributed by atoms with Crippen LogP contribution < -0.4 is 9.75 Å². The molecule has 186 valence electrons. The highest BCUT2D eigenvalue weighted by molar-refractivity contribution is 6.21. The maximum Gasteiger partial charge on any atom is 0.336 e. The third-order valence-corrected chi connectivity index (χ3v) is 5.87. The number of rotatable bonds is 10. The average Bonchev–Trinajstić information content (AvgIpc) is 2.90. The van der Waals surface area contributed by atoms with Crippen LogP contribution in [-0.2, 0) is 11.2 Å². The number of hydrogen-bond acceptors (Lipinski definition) is 4. The third-order valence-electron chi connectivity index (χ3n) is 5.87. The summed E-state index contributed by atoms with van der Waals surface area (Å²) in [5, 5.41) is 16.6. The topological polar surface area (TPSA) is 62.1 Å². The number of hydrogen-bond donors (Lipinski definition) is 1. The predicted octanol–water partition coefficient (Wildman–Crippen LogP) is 7.34. The van der Waals surface area contributed by atoms with Gasteiger partial charge in [0.05, 0.1) is 29.3 Å². The van der Waals surface area contributed by atoms with Gasteiger partial charge < -0.3 is 9.84 Å². The summed E-state index contributed by atoms with van der Waals surface area (Å²) in [6, 6.07) is 15.3. The number of nitrogens with zero attached hydrogens (tertiary/aromatic N) is 2. The second-order valence-corrected chi connectivity index (χ2v) is 8.43. The van der Waals surface area contributed by atoms with Gasteiger partial charge in [-0.1, -0.05) is 67.6 Å². The summed E-state index contributed by atoms with van der Waals surface area (Å²) in [6.07, 6.45) is 11.0. The van der Waals surface area contributed by atoms with E-state index in [0.717, 1.165) is 40.3 Å². The molecule has 0 bridgehead atoms. The first-order chi connectivity index (χ1) is 17.4. The Bertz CT molecular complexity index is 1260. The van der Waals surface area contributed by atoms with Gasteiger partial charge in [0, 0.05) is 6.42 Å². The lowest BCUT2D eigenvalue weighted by atomic mass is 9.99. The Kier molecular flexibility index (Phi) is 9.23. The minimum Gasteiger partial charge on any atom is -0.494 e.